The number of sulfone groups is 1. The Kier molecular flexibility index (Phi) is 5.80. The van der Waals surface area contributed by atoms with Gasteiger partial charge in [0.1, 0.15) is 0 Å². The van der Waals surface area contributed by atoms with Crippen molar-refractivity contribution in [3.63, 3.8) is 0 Å². The van der Waals surface area contributed by atoms with E-state index in [4.69, 9.17) is 4.98 Å². The molecule has 7 heteroatoms. The molecule has 5 rings (SSSR count). The number of quaternary nitrogens is 1. The van der Waals surface area contributed by atoms with Gasteiger partial charge in [-0.25, -0.2) is 13.4 Å². The Labute approximate surface area is 203 Å². The molecule has 0 saturated heterocycles. The first-order valence-electron chi connectivity index (χ1n) is 11.2. The third kappa shape index (κ3) is 4.39. The third-order valence-electron chi connectivity index (χ3n) is 6.04. The van der Waals surface area contributed by atoms with E-state index in [1.54, 1.807) is 24.4 Å². The van der Waals surface area contributed by atoms with Gasteiger partial charge in [0.2, 0.25) is 0 Å². The van der Waals surface area contributed by atoms with E-state index in [-0.39, 0.29) is 10.5 Å². The highest BCUT2D eigenvalue weighted by molar-refractivity contribution is 7.90. The predicted octanol–water partition coefficient (Wildman–Crippen LogP) is 4.07. The number of pyridine rings is 2. The molecule has 0 aliphatic carbocycles. The summed E-state index contributed by atoms with van der Waals surface area (Å²) in [5.74, 6) is 0. The number of aromatic nitrogens is 2. The van der Waals surface area contributed by atoms with E-state index in [1.807, 2.05) is 66.7 Å². The third-order valence-corrected chi connectivity index (χ3v) is 7.15. The second kappa shape index (κ2) is 8.94. The lowest BCUT2D eigenvalue weighted by atomic mass is 9.95. The molecule has 35 heavy (non-hydrogen) atoms. The molecule has 0 radical (unpaired) electrons. The number of hydrogen-bond acceptors (Lipinski definition) is 4. The molecule has 0 unspecified atom stereocenters. The lowest BCUT2D eigenvalue weighted by Crippen LogP contribution is -2.47. The van der Waals surface area contributed by atoms with Crippen LogP contribution in [-0.2, 0) is 16.4 Å². The molecule has 2 aromatic heterocycles. The van der Waals surface area contributed by atoms with Crippen LogP contribution in [0.1, 0.15) is 5.56 Å². The average Bonchev–Trinajstić information content (AvgIpc) is 2.88. The normalized spacial score (nSPS) is 11.6. The summed E-state index contributed by atoms with van der Waals surface area (Å²) >= 11 is 0. The number of nitrogens with zero attached hydrogens (tertiary/aromatic N) is 1. The smallest absolute Gasteiger partial charge is 0.257 e. The summed E-state index contributed by atoms with van der Waals surface area (Å²) in [6.45, 7) is 0.688. The Balaban J connectivity index is 1.83. The molecule has 0 saturated carbocycles. The van der Waals surface area contributed by atoms with Crippen LogP contribution in [0.5, 0.6) is 0 Å². The first kappa shape index (κ1) is 22.7. The van der Waals surface area contributed by atoms with Gasteiger partial charge >= 0.3 is 0 Å². The van der Waals surface area contributed by atoms with E-state index in [0.717, 1.165) is 27.9 Å². The Morgan fingerprint density at radius 1 is 0.829 bits per heavy atom. The Hall–Kier alpha value is -4.07. The maximum Gasteiger partial charge on any atom is 0.257 e. The molecule has 0 atom stereocenters. The van der Waals surface area contributed by atoms with Crippen LogP contribution in [-0.4, -0.2) is 24.6 Å². The maximum absolute atomic E-state index is 12.9. The topological polar surface area (TPSA) is 108 Å². The number of rotatable bonds is 5. The maximum atomic E-state index is 12.9. The summed E-state index contributed by atoms with van der Waals surface area (Å²) in [4.78, 5) is 20.9. The van der Waals surface area contributed by atoms with Crippen molar-refractivity contribution in [2.75, 3.05) is 6.26 Å². The summed E-state index contributed by atoms with van der Waals surface area (Å²) in [6, 6.07) is 26.4. The zero-order valence-corrected chi connectivity index (χ0v) is 20.0. The van der Waals surface area contributed by atoms with Crippen LogP contribution in [0.3, 0.4) is 0 Å². The molecule has 2 heterocycles. The zero-order valence-electron chi connectivity index (χ0n) is 19.2. The van der Waals surface area contributed by atoms with Crippen LogP contribution in [0.2, 0.25) is 0 Å². The Morgan fingerprint density at radius 3 is 2.23 bits per heavy atom. The second-order valence-electron chi connectivity index (χ2n) is 8.43. The minimum absolute atomic E-state index is 0.208. The molecule has 5 aromatic rings. The fourth-order valence-electron chi connectivity index (χ4n) is 4.18. The van der Waals surface area contributed by atoms with Gasteiger partial charge in [0, 0.05) is 34.7 Å². The van der Waals surface area contributed by atoms with Crippen LogP contribution in [0.15, 0.2) is 101 Å². The number of H-pyrrole nitrogens is 1. The van der Waals surface area contributed by atoms with Crippen LogP contribution in [0.4, 0.5) is 0 Å². The highest BCUT2D eigenvalue weighted by Crippen LogP contribution is 2.35. The average molecular weight is 483 g/mol. The van der Waals surface area contributed by atoms with E-state index in [9.17, 15) is 13.2 Å². The Bertz CT molecular complexity index is 1710. The Morgan fingerprint density at radius 2 is 1.54 bits per heavy atom. The molecule has 174 valence electrons. The quantitative estimate of drug-likeness (QED) is 0.394. The molecule has 0 bridgehead atoms. The van der Waals surface area contributed by atoms with Gasteiger partial charge in [-0.15, -0.1) is 0 Å². The molecule has 0 spiro atoms. The molecule has 0 fully saturated rings. The van der Waals surface area contributed by atoms with Crippen molar-refractivity contribution in [2.24, 2.45) is 0 Å². The molecular weight excluding hydrogens is 458 g/mol. The summed E-state index contributed by atoms with van der Waals surface area (Å²) in [6.07, 6.45) is 2.77. The van der Waals surface area contributed by atoms with Gasteiger partial charge < -0.3 is 10.7 Å². The van der Waals surface area contributed by atoms with Gasteiger partial charge in [0.25, 0.3) is 5.56 Å². The first-order chi connectivity index (χ1) is 16.8. The molecular formula is C28H24N3O3S+. The summed E-state index contributed by atoms with van der Waals surface area (Å²) in [5.41, 5.74) is 10.1. The van der Waals surface area contributed by atoms with Crippen LogP contribution >= 0.6 is 0 Å². The summed E-state index contributed by atoms with van der Waals surface area (Å²) < 4.78 is 24.3. The predicted molar refractivity (Wildman–Crippen MR) is 138 cm³/mol. The highest BCUT2D eigenvalue weighted by Gasteiger charge is 2.17. The number of aromatic amines is 1. The SMILES string of the molecule is CS(=O)(=O)c1cccc(-c2c[nH]c(=O)c3cc(-c4ccccc4)c(-c4ccc(C[NH3+])cc4)nc23)c1. The molecule has 6 nitrogen and oxygen atoms in total. The fraction of sp³-hybridized carbons (Fsp3) is 0.0714. The van der Waals surface area contributed by atoms with Crippen molar-refractivity contribution in [3.8, 4) is 33.5 Å². The zero-order chi connectivity index (χ0) is 24.6. The number of nitrogens with one attached hydrogen (secondary N) is 1. The van der Waals surface area contributed by atoms with Crippen molar-refractivity contribution < 1.29 is 14.2 Å². The van der Waals surface area contributed by atoms with Gasteiger partial charge in [-0.3, -0.25) is 4.79 Å². The van der Waals surface area contributed by atoms with Gasteiger partial charge in [-0.05, 0) is 29.3 Å². The molecule has 4 N–H and O–H groups in total. The van der Waals surface area contributed by atoms with Crippen molar-refractivity contribution in [3.05, 3.63) is 107 Å². The van der Waals surface area contributed by atoms with Crippen molar-refractivity contribution >= 4 is 20.7 Å². The minimum atomic E-state index is -3.39. The lowest BCUT2D eigenvalue weighted by Gasteiger charge is -2.14. The number of hydrogen-bond donors (Lipinski definition) is 2. The molecule has 0 amide bonds. The van der Waals surface area contributed by atoms with Gasteiger partial charge in [0.15, 0.2) is 9.84 Å². The van der Waals surface area contributed by atoms with E-state index in [2.05, 4.69) is 10.7 Å². The largest absolute Gasteiger partial charge is 0.354 e. The number of fused-ring (bicyclic) bond motifs is 1. The van der Waals surface area contributed by atoms with Crippen molar-refractivity contribution in [1.29, 1.82) is 0 Å². The van der Waals surface area contributed by atoms with Crippen LogP contribution in [0.25, 0.3) is 44.4 Å². The summed E-state index contributed by atoms with van der Waals surface area (Å²) in [5, 5.41) is 0.434. The van der Waals surface area contributed by atoms with Crippen LogP contribution in [0, 0.1) is 0 Å². The van der Waals surface area contributed by atoms with E-state index >= 15 is 0 Å². The van der Waals surface area contributed by atoms with Crippen molar-refractivity contribution in [2.45, 2.75) is 11.4 Å². The monoisotopic (exact) mass is 482 g/mol. The highest BCUT2D eigenvalue weighted by atomic mass is 32.2. The minimum Gasteiger partial charge on any atom is -0.354 e. The fourth-order valence-corrected chi connectivity index (χ4v) is 4.84. The standard InChI is InChI=1S/C28H23N3O3S/c1-35(33,34)22-9-5-8-21(14-22)25-17-30-28(32)24-15-23(19-6-3-2-4-7-19)26(31-27(24)25)20-12-10-18(16-29)11-13-20/h2-15,17H,16,29H2,1H3,(H,30,32)/p+1. The van der Waals surface area contributed by atoms with Crippen LogP contribution < -0.4 is 11.3 Å². The van der Waals surface area contributed by atoms with Gasteiger partial charge in [-0.1, -0.05) is 66.7 Å². The second-order valence-corrected chi connectivity index (χ2v) is 10.4. The van der Waals surface area contributed by atoms with Crippen molar-refractivity contribution in [1.82, 2.24) is 9.97 Å². The van der Waals surface area contributed by atoms with E-state index in [0.29, 0.717) is 28.6 Å². The number of benzene rings is 3. The first-order valence-corrected chi connectivity index (χ1v) is 13.1. The molecule has 0 aliphatic rings. The molecule has 0 aliphatic heterocycles. The van der Waals surface area contributed by atoms with E-state index < -0.39 is 9.84 Å². The lowest BCUT2D eigenvalue weighted by molar-refractivity contribution is -0.386. The van der Waals surface area contributed by atoms with E-state index in [1.165, 1.54) is 6.26 Å². The summed E-state index contributed by atoms with van der Waals surface area (Å²) in [7, 11) is -3.39. The molecule has 3 aromatic carbocycles. The van der Waals surface area contributed by atoms with Gasteiger partial charge in [0.05, 0.1) is 28.0 Å². The van der Waals surface area contributed by atoms with Gasteiger partial charge in [-0.2, -0.15) is 0 Å².